The quantitative estimate of drug-likeness (QED) is 0.343. The maximum Gasteiger partial charge on any atom is 0.488 e. The van der Waals surface area contributed by atoms with Gasteiger partial charge in [-0.05, 0) is 38.6 Å². The zero-order valence-electron chi connectivity index (χ0n) is 12.1. The standard InChI is InChI=1S/C6H8B2O4.C6H14O2/c9-7(10)5-1-2-6(4-3-5)8(11)12;1-5(2,7)6(3,4)8/h1-4,9-12H;7-8H,1-4H3. The molecule has 8 heteroatoms. The molecule has 0 spiro atoms. The van der Waals surface area contributed by atoms with Crippen LogP contribution in [0.5, 0.6) is 0 Å². The first-order valence-electron chi connectivity index (χ1n) is 6.13. The van der Waals surface area contributed by atoms with Gasteiger partial charge in [-0.15, -0.1) is 0 Å². The second kappa shape index (κ2) is 7.21. The molecule has 112 valence electrons. The summed E-state index contributed by atoms with van der Waals surface area (Å²) in [5.41, 5.74) is -1.38. The molecule has 0 aliphatic heterocycles. The van der Waals surface area contributed by atoms with Gasteiger partial charge in [0.15, 0.2) is 0 Å². The van der Waals surface area contributed by atoms with E-state index < -0.39 is 25.4 Å². The highest BCUT2D eigenvalue weighted by Gasteiger charge is 2.31. The summed E-state index contributed by atoms with van der Waals surface area (Å²) >= 11 is 0. The topological polar surface area (TPSA) is 121 Å². The van der Waals surface area contributed by atoms with Crippen LogP contribution in [0.15, 0.2) is 24.3 Å². The van der Waals surface area contributed by atoms with Gasteiger partial charge in [0.2, 0.25) is 0 Å². The van der Waals surface area contributed by atoms with E-state index >= 15 is 0 Å². The Hall–Kier alpha value is -0.890. The Morgan fingerprint density at radius 3 is 0.950 bits per heavy atom. The third-order valence-electron chi connectivity index (χ3n) is 3.03. The number of aliphatic hydroxyl groups is 2. The van der Waals surface area contributed by atoms with Crippen LogP contribution in [0, 0.1) is 0 Å². The summed E-state index contributed by atoms with van der Waals surface area (Å²) in [6, 6.07) is 5.66. The predicted molar refractivity (Wildman–Crippen MR) is 78.7 cm³/mol. The molecular formula is C12H22B2O6. The molecule has 20 heavy (non-hydrogen) atoms. The van der Waals surface area contributed by atoms with Crippen LogP contribution in [-0.2, 0) is 0 Å². The molecule has 0 unspecified atom stereocenters. The molecule has 1 aromatic rings. The Bertz CT molecular complexity index is 353. The zero-order chi connectivity index (χ0) is 16.1. The van der Waals surface area contributed by atoms with Crippen molar-refractivity contribution < 1.29 is 30.3 Å². The summed E-state index contributed by atoms with van der Waals surface area (Å²) in [5, 5.41) is 52.9. The van der Waals surface area contributed by atoms with Crippen LogP contribution < -0.4 is 10.9 Å². The van der Waals surface area contributed by atoms with Crippen LogP contribution in [0.3, 0.4) is 0 Å². The first-order valence-corrected chi connectivity index (χ1v) is 6.13. The van der Waals surface area contributed by atoms with Gasteiger partial charge >= 0.3 is 14.2 Å². The monoisotopic (exact) mass is 284 g/mol. The molecule has 0 fully saturated rings. The first-order chi connectivity index (χ1) is 8.86. The van der Waals surface area contributed by atoms with Gasteiger partial charge in [0.1, 0.15) is 0 Å². The molecule has 1 aromatic carbocycles. The fourth-order valence-corrected chi connectivity index (χ4v) is 0.840. The van der Waals surface area contributed by atoms with E-state index in [9.17, 15) is 0 Å². The smallest absolute Gasteiger partial charge is 0.423 e. The zero-order valence-corrected chi connectivity index (χ0v) is 12.1. The SMILES string of the molecule is CC(C)(O)C(C)(C)O.OB(O)c1ccc(B(O)O)cc1. The van der Waals surface area contributed by atoms with Crippen molar-refractivity contribution in [1.82, 2.24) is 0 Å². The Kier molecular flexibility index (Phi) is 6.89. The third kappa shape index (κ3) is 6.51. The van der Waals surface area contributed by atoms with Gasteiger partial charge < -0.3 is 30.3 Å². The minimum Gasteiger partial charge on any atom is -0.423 e. The van der Waals surface area contributed by atoms with Gasteiger partial charge in [0.05, 0.1) is 11.2 Å². The molecule has 0 saturated heterocycles. The van der Waals surface area contributed by atoms with E-state index in [1.54, 1.807) is 27.7 Å². The molecule has 0 aliphatic carbocycles. The van der Waals surface area contributed by atoms with Gasteiger partial charge in [-0.3, -0.25) is 0 Å². The van der Waals surface area contributed by atoms with Crippen LogP contribution in [-0.4, -0.2) is 55.7 Å². The van der Waals surface area contributed by atoms with Crippen molar-refractivity contribution in [2.24, 2.45) is 0 Å². The molecule has 0 atom stereocenters. The summed E-state index contributed by atoms with van der Waals surface area (Å²) < 4.78 is 0. The van der Waals surface area contributed by atoms with Crippen LogP contribution in [0.25, 0.3) is 0 Å². The highest BCUT2D eigenvalue weighted by Crippen LogP contribution is 2.19. The van der Waals surface area contributed by atoms with Crippen molar-refractivity contribution in [2.75, 3.05) is 0 Å². The van der Waals surface area contributed by atoms with E-state index in [4.69, 9.17) is 30.3 Å². The average Bonchev–Trinajstić information content (AvgIpc) is 2.27. The fourth-order valence-electron chi connectivity index (χ4n) is 0.840. The molecule has 6 nitrogen and oxygen atoms in total. The second-order valence-corrected chi connectivity index (χ2v) is 5.53. The first kappa shape index (κ1) is 19.1. The van der Waals surface area contributed by atoms with Crippen molar-refractivity contribution in [1.29, 1.82) is 0 Å². The third-order valence-corrected chi connectivity index (χ3v) is 3.03. The molecule has 0 heterocycles. The molecule has 1 rings (SSSR count). The molecule has 0 bridgehead atoms. The molecule has 0 radical (unpaired) electrons. The Morgan fingerprint density at radius 2 is 0.850 bits per heavy atom. The van der Waals surface area contributed by atoms with E-state index in [0.29, 0.717) is 10.9 Å². The lowest BCUT2D eigenvalue weighted by Gasteiger charge is -2.31. The minimum absolute atomic E-state index is 0.319. The summed E-state index contributed by atoms with van der Waals surface area (Å²) in [7, 11) is -3.04. The Labute approximate surface area is 119 Å². The maximum absolute atomic E-state index is 9.10. The number of hydrogen-bond acceptors (Lipinski definition) is 6. The summed E-state index contributed by atoms with van der Waals surface area (Å²) in [4.78, 5) is 0. The summed E-state index contributed by atoms with van der Waals surface area (Å²) in [6.45, 7) is 6.31. The largest absolute Gasteiger partial charge is 0.488 e. The van der Waals surface area contributed by atoms with Gasteiger partial charge in [-0.2, -0.15) is 0 Å². The van der Waals surface area contributed by atoms with Crippen molar-refractivity contribution in [3.8, 4) is 0 Å². The average molecular weight is 284 g/mol. The normalized spacial score (nSPS) is 11.5. The van der Waals surface area contributed by atoms with Crippen LogP contribution in [0.2, 0.25) is 0 Å². The fraction of sp³-hybridized carbons (Fsp3) is 0.500. The van der Waals surface area contributed by atoms with Crippen molar-refractivity contribution >= 4 is 25.2 Å². The van der Waals surface area contributed by atoms with Gasteiger partial charge in [-0.1, -0.05) is 24.3 Å². The second-order valence-electron chi connectivity index (χ2n) is 5.53. The molecule has 0 amide bonds. The number of hydrogen-bond donors (Lipinski definition) is 6. The van der Waals surface area contributed by atoms with Crippen molar-refractivity contribution in [3.63, 3.8) is 0 Å². The van der Waals surface area contributed by atoms with E-state index in [-0.39, 0.29) is 0 Å². The highest BCUT2D eigenvalue weighted by atomic mass is 16.4. The predicted octanol–water partition coefficient (Wildman–Crippen LogP) is -2.43. The van der Waals surface area contributed by atoms with E-state index in [2.05, 4.69) is 0 Å². The molecule has 0 saturated carbocycles. The molecule has 0 aliphatic rings. The Balaban J connectivity index is 0.000000396. The van der Waals surface area contributed by atoms with E-state index in [1.165, 1.54) is 24.3 Å². The van der Waals surface area contributed by atoms with Crippen LogP contribution in [0.4, 0.5) is 0 Å². The van der Waals surface area contributed by atoms with Crippen molar-refractivity contribution in [2.45, 2.75) is 38.9 Å². The maximum atomic E-state index is 9.10. The van der Waals surface area contributed by atoms with Gasteiger partial charge in [-0.25, -0.2) is 0 Å². The lowest BCUT2D eigenvalue weighted by atomic mass is 9.75. The molecule has 0 aromatic heterocycles. The number of rotatable bonds is 3. The summed E-state index contributed by atoms with van der Waals surface area (Å²) in [5.74, 6) is 0. The van der Waals surface area contributed by atoms with Gasteiger partial charge in [0.25, 0.3) is 0 Å². The number of benzene rings is 1. The molecular weight excluding hydrogens is 262 g/mol. The minimum atomic E-state index is -1.52. The summed E-state index contributed by atoms with van der Waals surface area (Å²) in [6.07, 6.45) is 0. The molecule has 6 N–H and O–H groups in total. The highest BCUT2D eigenvalue weighted by molar-refractivity contribution is 6.60. The lowest BCUT2D eigenvalue weighted by Crippen LogP contribution is -2.44. The van der Waals surface area contributed by atoms with Gasteiger partial charge in [0, 0.05) is 0 Å². The van der Waals surface area contributed by atoms with E-state index in [1.807, 2.05) is 0 Å². The van der Waals surface area contributed by atoms with E-state index in [0.717, 1.165) is 0 Å². The van der Waals surface area contributed by atoms with Crippen LogP contribution in [0.1, 0.15) is 27.7 Å². The lowest BCUT2D eigenvalue weighted by molar-refractivity contribution is -0.107. The van der Waals surface area contributed by atoms with Crippen LogP contribution >= 0.6 is 0 Å². The van der Waals surface area contributed by atoms with Crippen molar-refractivity contribution in [3.05, 3.63) is 24.3 Å². The Morgan fingerprint density at radius 1 is 0.650 bits per heavy atom.